The number of ether oxygens (including phenoxy) is 3. The number of amides is 1. The van der Waals surface area contributed by atoms with E-state index >= 15 is 0 Å². The molecule has 3 rings (SSSR count). The molecule has 126 valence electrons. The molecule has 2 aromatic rings. The fourth-order valence-corrected chi connectivity index (χ4v) is 2.63. The Kier molecular flexibility index (Phi) is 5.33. The van der Waals surface area contributed by atoms with Gasteiger partial charge in [0.25, 0.3) is 5.91 Å². The van der Waals surface area contributed by atoms with Crippen LogP contribution < -0.4 is 14.8 Å². The highest BCUT2D eigenvalue weighted by atomic mass is 16.5. The van der Waals surface area contributed by atoms with Crippen LogP contribution in [-0.2, 0) is 4.74 Å². The van der Waals surface area contributed by atoms with Gasteiger partial charge in [0.2, 0.25) is 0 Å². The lowest BCUT2D eigenvalue weighted by atomic mass is 10.2. The maximum absolute atomic E-state index is 12.3. The number of rotatable bonds is 6. The zero-order valence-corrected chi connectivity index (χ0v) is 13.7. The van der Waals surface area contributed by atoms with Gasteiger partial charge in [-0.25, -0.2) is 0 Å². The summed E-state index contributed by atoms with van der Waals surface area (Å²) in [6, 6.07) is 14.4. The summed E-state index contributed by atoms with van der Waals surface area (Å²) in [7, 11) is 1.55. The van der Waals surface area contributed by atoms with E-state index in [4.69, 9.17) is 14.2 Å². The minimum atomic E-state index is -0.208. The number of nitrogens with one attached hydrogen (secondary N) is 1. The molecular formula is C19H21NO4. The van der Waals surface area contributed by atoms with Crippen molar-refractivity contribution in [2.24, 2.45) is 0 Å². The molecule has 0 aromatic heterocycles. The van der Waals surface area contributed by atoms with E-state index in [1.165, 1.54) is 0 Å². The number of carbonyl (C=O) groups excluding carboxylic acids is 1. The quantitative estimate of drug-likeness (QED) is 0.882. The smallest absolute Gasteiger partial charge is 0.259 e. The first-order valence-corrected chi connectivity index (χ1v) is 8.05. The van der Waals surface area contributed by atoms with Crippen LogP contribution in [0.5, 0.6) is 11.5 Å². The van der Waals surface area contributed by atoms with Gasteiger partial charge < -0.3 is 19.5 Å². The zero-order valence-electron chi connectivity index (χ0n) is 13.7. The minimum Gasteiger partial charge on any atom is -0.496 e. The monoisotopic (exact) mass is 327 g/mol. The lowest BCUT2D eigenvalue weighted by molar-refractivity contribution is 0.0679. The van der Waals surface area contributed by atoms with E-state index in [2.05, 4.69) is 5.32 Å². The summed E-state index contributed by atoms with van der Waals surface area (Å²) < 4.78 is 16.5. The number of hydrogen-bond donors (Lipinski definition) is 1. The minimum absolute atomic E-state index is 0.190. The third kappa shape index (κ3) is 4.06. The molecule has 0 unspecified atom stereocenters. The highest BCUT2D eigenvalue weighted by molar-refractivity contribution is 6.06. The average molecular weight is 327 g/mol. The summed E-state index contributed by atoms with van der Waals surface area (Å²) in [6.07, 6.45) is 2.34. The van der Waals surface area contributed by atoms with Crippen LogP contribution in [0.25, 0.3) is 0 Å². The zero-order chi connectivity index (χ0) is 16.8. The van der Waals surface area contributed by atoms with Crippen LogP contribution in [0.2, 0.25) is 0 Å². The summed E-state index contributed by atoms with van der Waals surface area (Å²) in [5.41, 5.74) is 1.20. The molecule has 0 radical (unpaired) electrons. The topological polar surface area (TPSA) is 56.8 Å². The van der Waals surface area contributed by atoms with Gasteiger partial charge in [-0.1, -0.05) is 12.1 Å². The summed E-state index contributed by atoms with van der Waals surface area (Å²) >= 11 is 0. The van der Waals surface area contributed by atoms with Crippen molar-refractivity contribution in [1.29, 1.82) is 0 Å². The highest BCUT2D eigenvalue weighted by Crippen LogP contribution is 2.21. The van der Waals surface area contributed by atoms with E-state index in [9.17, 15) is 4.79 Å². The molecule has 0 saturated carbocycles. The molecule has 1 aliphatic rings. The molecule has 1 aliphatic heterocycles. The number of anilines is 1. The Morgan fingerprint density at radius 3 is 2.71 bits per heavy atom. The van der Waals surface area contributed by atoms with Crippen molar-refractivity contribution in [3.63, 3.8) is 0 Å². The van der Waals surface area contributed by atoms with Crippen molar-refractivity contribution in [2.75, 3.05) is 25.6 Å². The van der Waals surface area contributed by atoms with E-state index in [1.807, 2.05) is 30.3 Å². The van der Waals surface area contributed by atoms with Gasteiger partial charge >= 0.3 is 0 Å². The van der Waals surface area contributed by atoms with Crippen LogP contribution in [0.3, 0.4) is 0 Å². The van der Waals surface area contributed by atoms with Crippen molar-refractivity contribution >= 4 is 11.6 Å². The van der Waals surface area contributed by atoms with Gasteiger partial charge in [0.05, 0.1) is 18.8 Å². The first kappa shape index (κ1) is 16.3. The lowest BCUT2D eigenvalue weighted by Gasteiger charge is -2.12. The van der Waals surface area contributed by atoms with Gasteiger partial charge in [-0.15, -0.1) is 0 Å². The van der Waals surface area contributed by atoms with Crippen LogP contribution in [-0.4, -0.2) is 32.3 Å². The average Bonchev–Trinajstić information content (AvgIpc) is 3.14. The molecule has 1 saturated heterocycles. The first-order chi connectivity index (χ1) is 11.8. The van der Waals surface area contributed by atoms with E-state index in [0.717, 1.165) is 25.2 Å². The van der Waals surface area contributed by atoms with E-state index in [1.54, 1.807) is 25.3 Å². The number of para-hydroxylation sites is 1. The molecule has 24 heavy (non-hydrogen) atoms. The Bertz CT molecular complexity index is 678. The van der Waals surface area contributed by atoms with E-state index < -0.39 is 0 Å². The van der Waals surface area contributed by atoms with Crippen molar-refractivity contribution in [3.05, 3.63) is 54.1 Å². The molecular weight excluding hydrogens is 306 g/mol. The predicted molar refractivity (Wildman–Crippen MR) is 91.9 cm³/mol. The standard InChI is InChI=1S/C19H21NO4/c1-22-18-7-3-2-6-17(18)19(21)20-14-8-10-15(11-9-14)24-13-16-5-4-12-23-16/h2-3,6-11,16H,4-5,12-13H2,1H3,(H,20,21)/t16-/m0/s1. The summed E-state index contributed by atoms with van der Waals surface area (Å²) in [5, 5.41) is 2.86. The number of hydrogen-bond acceptors (Lipinski definition) is 4. The van der Waals surface area contributed by atoms with Crippen LogP contribution in [0.15, 0.2) is 48.5 Å². The summed E-state index contributed by atoms with van der Waals surface area (Å²) in [5.74, 6) is 1.10. The van der Waals surface area contributed by atoms with Crippen LogP contribution >= 0.6 is 0 Å². The third-order valence-electron chi connectivity index (χ3n) is 3.92. The number of carbonyl (C=O) groups is 1. The third-order valence-corrected chi connectivity index (χ3v) is 3.92. The van der Waals surface area contributed by atoms with Crippen molar-refractivity contribution in [2.45, 2.75) is 18.9 Å². The Labute approximate surface area is 141 Å². The molecule has 1 atom stereocenters. The molecule has 0 spiro atoms. The normalized spacial score (nSPS) is 16.6. The fraction of sp³-hybridized carbons (Fsp3) is 0.316. The maximum atomic E-state index is 12.3. The molecule has 0 aliphatic carbocycles. The molecule has 5 heteroatoms. The molecule has 1 heterocycles. The van der Waals surface area contributed by atoms with E-state index in [0.29, 0.717) is 23.6 Å². The molecule has 1 fully saturated rings. The van der Waals surface area contributed by atoms with Gasteiger partial charge in [-0.3, -0.25) is 4.79 Å². The highest BCUT2D eigenvalue weighted by Gasteiger charge is 2.16. The molecule has 0 bridgehead atoms. The van der Waals surface area contributed by atoms with E-state index in [-0.39, 0.29) is 12.0 Å². The van der Waals surface area contributed by atoms with Crippen LogP contribution in [0.4, 0.5) is 5.69 Å². The first-order valence-electron chi connectivity index (χ1n) is 8.05. The molecule has 2 aromatic carbocycles. The summed E-state index contributed by atoms with van der Waals surface area (Å²) in [4.78, 5) is 12.3. The predicted octanol–water partition coefficient (Wildman–Crippen LogP) is 3.51. The second-order valence-electron chi connectivity index (χ2n) is 5.62. The van der Waals surface area contributed by atoms with Gasteiger partial charge in [-0.05, 0) is 49.2 Å². The number of benzene rings is 2. The van der Waals surface area contributed by atoms with Gasteiger partial charge in [-0.2, -0.15) is 0 Å². The largest absolute Gasteiger partial charge is 0.496 e. The Morgan fingerprint density at radius 1 is 1.21 bits per heavy atom. The number of methoxy groups -OCH3 is 1. The van der Waals surface area contributed by atoms with Gasteiger partial charge in [0.15, 0.2) is 0 Å². The van der Waals surface area contributed by atoms with Gasteiger partial charge in [0.1, 0.15) is 18.1 Å². The second kappa shape index (κ2) is 7.84. The lowest BCUT2D eigenvalue weighted by Crippen LogP contribution is -2.16. The molecule has 1 amide bonds. The fourth-order valence-electron chi connectivity index (χ4n) is 2.63. The molecule has 5 nitrogen and oxygen atoms in total. The summed E-state index contributed by atoms with van der Waals surface area (Å²) in [6.45, 7) is 1.38. The SMILES string of the molecule is COc1ccccc1C(=O)Nc1ccc(OC[C@@H]2CCCO2)cc1. The Balaban J connectivity index is 1.58. The maximum Gasteiger partial charge on any atom is 0.259 e. The second-order valence-corrected chi connectivity index (χ2v) is 5.62. The van der Waals surface area contributed by atoms with Gasteiger partial charge in [0, 0.05) is 12.3 Å². The van der Waals surface area contributed by atoms with Crippen LogP contribution in [0.1, 0.15) is 23.2 Å². The van der Waals surface area contributed by atoms with Crippen molar-refractivity contribution in [1.82, 2.24) is 0 Å². The van der Waals surface area contributed by atoms with Crippen LogP contribution in [0, 0.1) is 0 Å². The molecule has 1 N–H and O–H groups in total. The van der Waals surface area contributed by atoms with Crippen molar-refractivity contribution in [3.8, 4) is 11.5 Å². The Hall–Kier alpha value is -2.53. The Morgan fingerprint density at radius 2 is 2.00 bits per heavy atom. The van der Waals surface area contributed by atoms with Crippen molar-refractivity contribution < 1.29 is 19.0 Å².